The van der Waals surface area contributed by atoms with E-state index in [4.69, 9.17) is 4.74 Å². The van der Waals surface area contributed by atoms with E-state index in [-0.39, 0.29) is 21.8 Å². The molecule has 0 bridgehead atoms. The Morgan fingerprint density at radius 1 is 1.21 bits per heavy atom. The van der Waals surface area contributed by atoms with Crippen molar-refractivity contribution >= 4 is 38.8 Å². The first-order valence-corrected chi connectivity index (χ1v) is 14.2. The monoisotopic (exact) mass is 487 g/mol. The predicted molar refractivity (Wildman–Crippen MR) is 136 cm³/mol. The van der Waals surface area contributed by atoms with Gasteiger partial charge in [0.1, 0.15) is 5.75 Å². The zero-order chi connectivity index (χ0) is 24.1. The van der Waals surface area contributed by atoms with Crippen molar-refractivity contribution in [3.63, 3.8) is 0 Å². The molecule has 0 fully saturated rings. The van der Waals surface area contributed by atoms with Crippen LogP contribution in [0.2, 0.25) is 0 Å². The zero-order valence-corrected chi connectivity index (χ0v) is 21.5. The lowest BCUT2D eigenvalue weighted by atomic mass is 9.81. The first kappa shape index (κ1) is 25.4. The third-order valence-electron chi connectivity index (χ3n) is 6.24. The Hall–Kier alpha value is -2.25. The summed E-state index contributed by atoms with van der Waals surface area (Å²) in [6.45, 7) is 6.31. The number of hydrogen-bond acceptors (Lipinski definition) is 6. The highest BCUT2D eigenvalue weighted by Crippen LogP contribution is 2.47. The second-order valence-corrected chi connectivity index (χ2v) is 11.4. The number of nitrogens with zero attached hydrogens (tertiary/aromatic N) is 1. The van der Waals surface area contributed by atoms with Gasteiger partial charge in [0.05, 0.1) is 27.5 Å². The fourth-order valence-corrected chi connectivity index (χ4v) is 7.04. The molecule has 0 radical (unpaired) electrons. The van der Waals surface area contributed by atoms with Crippen LogP contribution >= 0.6 is 11.8 Å². The highest BCUT2D eigenvalue weighted by molar-refractivity contribution is 7.98. The van der Waals surface area contributed by atoms with Gasteiger partial charge in [0.15, 0.2) is 15.6 Å². The van der Waals surface area contributed by atoms with Gasteiger partial charge in [-0.1, -0.05) is 44.9 Å². The van der Waals surface area contributed by atoms with E-state index in [2.05, 4.69) is 18.7 Å². The summed E-state index contributed by atoms with van der Waals surface area (Å²) >= 11 is 1.49. The molecule has 1 aliphatic heterocycles. The van der Waals surface area contributed by atoms with Crippen molar-refractivity contribution in [2.75, 3.05) is 23.5 Å². The molecule has 3 rings (SSSR count). The number of rotatable bonds is 9. The SMILES string of the molecule is CCCCC1(CC)CN(c2ccccc2)c2cc(SC)c(O/C=C/C(C)=O)cc2S(=O)(=O)C1. The minimum absolute atomic E-state index is 0.105. The van der Waals surface area contributed by atoms with Crippen LogP contribution in [0.25, 0.3) is 0 Å². The average molecular weight is 488 g/mol. The van der Waals surface area contributed by atoms with Gasteiger partial charge in [0.25, 0.3) is 0 Å². The van der Waals surface area contributed by atoms with Crippen LogP contribution in [-0.4, -0.2) is 32.8 Å². The maximum atomic E-state index is 13.8. The Bertz CT molecular complexity index is 1110. The number of fused-ring (bicyclic) bond motifs is 1. The predicted octanol–water partition coefficient (Wildman–Crippen LogP) is 6.40. The van der Waals surface area contributed by atoms with E-state index in [0.29, 0.717) is 18.0 Å². The molecule has 5 nitrogen and oxygen atoms in total. The van der Waals surface area contributed by atoms with Gasteiger partial charge in [0.2, 0.25) is 0 Å². The summed E-state index contributed by atoms with van der Waals surface area (Å²) in [4.78, 5) is 14.5. The summed E-state index contributed by atoms with van der Waals surface area (Å²) in [7, 11) is -3.58. The van der Waals surface area contributed by atoms with Crippen molar-refractivity contribution in [2.45, 2.75) is 56.2 Å². The van der Waals surface area contributed by atoms with Crippen LogP contribution in [0.3, 0.4) is 0 Å². The van der Waals surface area contributed by atoms with E-state index in [9.17, 15) is 13.2 Å². The lowest BCUT2D eigenvalue weighted by Gasteiger charge is -2.36. The molecule has 178 valence electrons. The van der Waals surface area contributed by atoms with Crippen molar-refractivity contribution < 1.29 is 17.9 Å². The number of thioether (sulfide) groups is 1. The maximum Gasteiger partial charge on any atom is 0.181 e. The number of sulfone groups is 1. The highest BCUT2D eigenvalue weighted by Gasteiger charge is 2.41. The quantitative estimate of drug-likeness (QED) is 0.232. The van der Waals surface area contributed by atoms with Crippen molar-refractivity contribution in [2.24, 2.45) is 5.41 Å². The van der Waals surface area contributed by atoms with Crippen LogP contribution in [0.15, 0.2) is 64.6 Å². The van der Waals surface area contributed by atoms with Crippen LogP contribution in [0.4, 0.5) is 11.4 Å². The second-order valence-electron chi connectivity index (χ2n) is 8.64. The summed E-state index contributed by atoms with van der Waals surface area (Å²) in [5.74, 6) is 0.406. The number of allylic oxidation sites excluding steroid dienone is 1. The van der Waals surface area contributed by atoms with Gasteiger partial charge in [-0.15, -0.1) is 11.8 Å². The van der Waals surface area contributed by atoms with E-state index >= 15 is 0 Å². The molecule has 0 saturated heterocycles. The Labute approximate surface area is 202 Å². The Balaban J connectivity index is 2.22. The standard InChI is InChI=1S/C26H33NO4S2/c1-5-7-14-26(6-2)18-27(21-11-9-8-10-12-21)22-16-24(32-4)23(31-15-13-20(3)28)17-25(22)33(29,30)19-26/h8-13,15-17H,5-7,14,18-19H2,1-4H3/b15-13+. The molecular formula is C26H33NO4S2. The molecule has 0 aliphatic carbocycles. The fourth-order valence-electron chi connectivity index (χ4n) is 4.32. The van der Waals surface area contributed by atoms with Crippen LogP contribution in [0.5, 0.6) is 5.75 Å². The minimum atomic E-state index is -3.58. The number of hydrogen-bond donors (Lipinski definition) is 0. The molecule has 0 saturated carbocycles. The molecule has 0 spiro atoms. The summed E-state index contributed by atoms with van der Waals surface area (Å²) < 4.78 is 33.3. The third kappa shape index (κ3) is 5.82. The van der Waals surface area contributed by atoms with Crippen molar-refractivity contribution in [3.8, 4) is 5.75 Å². The number of para-hydroxylation sites is 1. The number of ether oxygens (including phenoxy) is 1. The van der Waals surface area contributed by atoms with Crippen molar-refractivity contribution in [1.82, 2.24) is 0 Å². The zero-order valence-electron chi connectivity index (χ0n) is 19.8. The van der Waals surface area contributed by atoms with Gasteiger partial charge in [-0.05, 0) is 44.2 Å². The van der Waals surface area contributed by atoms with E-state index in [1.54, 1.807) is 6.07 Å². The Morgan fingerprint density at radius 3 is 2.55 bits per heavy atom. The molecule has 0 aromatic heterocycles. The van der Waals surface area contributed by atoms with Crippen molar-refractivity contribution in [3.05, 3.63) is 54.8 Å². The summed E-state index contributed by atoms with van der Waals surface area (Å²) in [5.41, 5.74) is 1.31. The fraction of sp³-hybridized carbons (Fsp3) is 0.423. The first-order valence-electron chi connectivity index (χ1n) is 11.4. The lowest BCUT2D eigenvalue weighted by molar-refractivity contribution is -0.112. The van der Waals surface area contributed by atoms with Crippen LogP contribution < -0.4 is 9.64 Å². The second kappa shape index (κ2) is 10.8. The number of anilines is 2. The number of ketones is 1. The van der Waals surface area contributed by atoms with E-state index in [0.717, 1.165) is 36.3 Å². The Kier molecular flexibility index (Phi) is 8.29. The van der Waals surface area contributed by atoms with Crippen LogP contribution in [-0.2, 0) is 14.6 Å². The molecule has 0 amide bonds. The van der Waals surface area contributed by atoms with Gasteiger partial charge in [-0.3, -0.25) is 4.79 Å². The smallest absolute Gasteiger partial charge is 0.181 e. The summed E-state index contributed by atoms with van der Waals surface area (Å²) in [5, 5.41) is 0. The lowest BCUT2D eigenvalue weighted by Crippen LogP contribution is -2.37. The number of benzene rings is 2. The maximum absolute atomic E-state index is 13.8. The molecule has 1 unspecified atom stereocenters. The van der Waals surface area contributed by atoms with Crippen LogP contribution in [0, 0.1) is 5.41 Å². The number of carbonyl (C=O) groups excluding carboxylic acids is 1. The van der Waals surface area contributed by atoms with E-state index in [1.165, 1.54) is 31.0 Å². The molecule has 2 aromatic carbocycles. The van der Waals surface area contributed by atoms with Gasteiger partial charge in [-0.25, -0.2) is 8.42 Å². The molecule has 1 aliphatic rings. The van der Waals surface area contributed by atoms with E-state index < -0.39 is 9.84 Å². The molecule has 33 heavy (non-hydrogen) atoms. The van der Waals surface area contributed by atoms with Crippen LogP contribution in [0.1, 0.15) is 46.5 Å². The van der Waals surface area contributed by atoms with Gasteiger partial charge in [-0.2, -0.15) is 0 Å². The third-order valence-corrected chi connectivity index (χ3v) is 8.99. The largest absolute Gasteiger partial charge is 0.464 e. The number of carbonyl (C=O) groups is 1. The van der Waals surface area contributed by atoms with Gasteiger partial charge >= 0.3 is 0 Å². The summed E-state index contributed by atoms with van der Waals surface area (Å²) in [6.07, 6.45) is 8.23. The highest BCUT2D eigenvalue weighted by atomic mass is 32.2. The molecular weight excluding hydrogens is 454 g/mol. The molecule has 1 heterocycles. The molecule has 1 atom stereocenters. The molecule has 0 N–H and O–H groups in total. The summed E-state index contributed by atoms with van der Waals surface area (Å²) in [6, 6.07) is 13.5. The topological polar surface area (TPSA) is 63.7 Å². The molecule has 2 aromatic rings. The minimum Gasteiger partial charge on any atom is -0.464 e. The van der Waals surface area contributed by atoms with E-state index in [1.807, 2.05) is 42.7 Å². The van der Waals surface area contributed by atoms with Gasteiger partial charge in [0, 0.05) is 29.8 Å². The van der Waals surface area contributed by atoms with Crippen molar-refractivity contribution in [1.29, 1.82) is 0 Å². The van der Waals surface area contributed by atoms with Gasteiger partial charge < -0.3 is 9.64 Å². The molecule has 7 heteroatoms. The number of unbranched alkanes of at least 4 members (excludes halogenated alkanes) is 1. The average Bonchev–Trinajstić information content (AvgIpc) is 2.90. The Morgan fingerprint density at radius 2 is 1.94 bits per heavy atom. The normalized spacial score (nSPS) is 19.8. The first-order chi connectivity index (χ1) is 15.7.